The zero-order chi connectivity index (χ0) is 21.3. The summed E-state index contributed by atoms with van der Waals surface area (Å²) in [5.74, 6) is 0.226. The normalized spacial score (nSPS) is 12.6. The Balaban J connectivity index is 1.86. The first-order chi connectivity index (χ1) is 13.6. The quantitative estimate of drug-likeness (QED) is 0.650. The van der Waals surface area contributed by atoms with Gasteiger partial charge in [0.05, 0.1) is 28.2 Å². The lowest BCUT2D eigenvalue weighted by molar-refractivity contribution is -0.136. The first-order valence-corrected chi connectivity index (χ1v) is 8.85. The van der Waals surface area contributed by atoms with Crippen LogP contribution in [0, 0.1) is 0 Å². The van der Waals surface area contributed by atoms with Gasteiger partial charge in [-0.25, -0.2) is 9.78 Å². The zero-order valence-electron chi connectivity index (χ0n) is 15.3. The summed E-state index contributed by atoms with van der Waals surface area (Å²) in [6.45, 7) is 1.56. The lowest BCUT2D eigenvalue weighted by Crippen LogP contribution is -2.35. The Hall–Kier alpha value is -3.07. The number of nitrogens with one attached hydrogen (secondary N) is 2. The van der Waals surface area contributed by atoms with Crippen molar-refractivity contribution in [2.24, 2.45) is 7.05 Å². The van der Waals surface area contributed by atoms with Crippen molar-refractivity contribution in [1.29, 1.82) is 0 Å². The van der Waals surface area contributed by atoms with Crippen LogP contribution < -0.4 is 16.2 Å². The lowest BCUT2D eigenvalue weighted by atomic mass is 10.1. The number of fused-ring (bicyclic) bond motifs is 1. The Morgan fingerprint density at radius 2 is 1.90 bits per heavy atom. The van der Waals surface area contributed by atoms with Gasteiger partial charge in [0.2, 0.25) is 0 Å². The molecular weight excluding hydrogens is 409 g/mol. The number of carbonyl (C=O) groups excluding carboxylic acids is 1. The lowest BCUT2D eigenvalue weighted by Gasteiger charge is -2.19. The third kappa shape index (κ3) is 4.34. The Morgan fingerprint density at radius 1 is 1.21 bits per heavy atom. The van der Waals surface area contributed by atoms with Gasteiger partial charge in [0.1, 0.15) is 5.82 Å². The van der Waals surface area contributed by atoms with Crippen LogP contribution in [0.2, 0.25) is 5.02 Å². The monoisotopic (exact) mass is 424 g/mol. The highest BCUT2D eigenvalue weighted by molar-refractivity contribution is 6.31. The predicted molar refractivity (Wildman–Crippen MR) is 104 cm³/mol. The van der Waals surface area contributed by atoms with Crippen molar-refractivity contribution in [1.82, 2.24) is 14.9 Å². The van der Waals surface area contributed by atoms with E-state index in [0.29, 0.717) is 15.9 Å². The van der Waals surface area contributed by atoms with E-state index in [0.717, 1.165) is 12.1 Å². The molecule has 2 aromatic carbocycles. The number of nitrogens with zero attached hydrogens (tertiary/aromatic N) is 2. The van der Waals surface area contributed by atoms with Gasteiger partial charge in [0.25, 0.3) is 5.56 Å². The van der Waals surface area contributed by atoms with Gasteiger partial charge in [-0.2, -0.15) is 13.2 Å². The number of amides is 2. The summed E-state index contributed by atoms with van der Waals surface area (Å²) in [5.41, 5.74) is -1.32. The number of benzene rings is 2. The third-order valence-corrected chi connectivity index (χ3v) is 4.52. The van der Waals surface area contributed by atoms with E-state index in [1.54, 1.807) is 19.1 Å². The standard InChI is InChI=1S/C19H16ClF3N4O2/c1-10(16-25-15-9-11(20)7-8-12(15)17(28)27(16)2)24-18(29)26-14-6-4-3-5-13(14)19(21,22)23/h3-10H,1-2H3,(H2,24,26,29). The molecule has 0 saturated heterocycles. The summed E-state index contributed by atoms with van der Waals surface area (Å²) in [7, 11) is 1.49. The molecule has 10 heteroatoms. The smallest absolute Gasteiger partial charge is 0.328 e. The predicted octanol–water partition coefficient (Wildman–Crippen LogP) is 4.49. The second-order valence-electron chi connectivity index (χ2n) is 6.36. The Labute approximate surface area is 168 Å². The maximum Gasteiger partial charge on any atom is 0.418 e. The number of hydrogen-bond acceptors (Lipinski definition) is 3. The van der Waals surface area contributed by atoms with Crippen LogP contribution in [0.4, 0.5) is 23.7 Å². The minimum Gasteiger partial charge on any atom is -0.328 e. The van der Waals surface area contributed by atoms with Crippen LogP contribution in [0.25, 0.3) is 10.9 Å². The van der Waals surface area contributed by atoms with E-state index in [-0.39, 0.29) is 17.1 Å². The molecule has 0 radical (unpaired) electrons. The van der Waals surface area contributed by atoms with Gasteiger partial charge in [0.15, 0.2) is 0 Å². The summed E-state index contributed by atoms with van der Waals surface area (Å²) in [6, 6.07) is 7.64. The highest BCUT2D eigenvalue weighted by Crippen LogP contribution is 2.34. The molecule has 1 unspecified atom stereocenters. The summed E-state index contributed by atoms with van der Waals surface area (Å²) in [4.78, 5) is 29.2. The number of halogens is 4. The highest BCUT2D eigenvalue weighted by Gasteiger charge is 2.33. The van der Waals surface area contributed by atoms with Crippen molar-refractivity contribution in [2.45, 2.75) is 19.1 Å². The second-order valence-corrected chi connectivity index (χ2v) is 6.80. The van der Waals surface area contributed by atoms with Gasteiger partial charge in [-0.15, -0.1) is 0 Å². The fourth-order valence-electron chi connectivity index (χ4n) is 2.91. The highest BCUT2D eigenvalue weighted by atomic mass is 35.5. The maximum atomic E-state index is 13.1. The molecule has 0 saturated carbocycles. The van der Waals surface area contributed by atoms with Gasteiger partial charge in [-0.1, -0.05) is 23.7 Å². The molecule has 2 N–H and O–H groups in total. The van der Waals surface area contributed by atoms with Crippen molar-refractivity contribution in [3.8, 4) is 0 Å². The van der Waals surface area contributed by atoms with Crippen molar-refractivity contribution in [3.05, 3.63) is 69.2 Å². The summed E-state index contributed by atoms with van der Waals surface area (Å²) >= 11 is 5.95. The molecule has 0 aliphatic rings. The molecule has 3 rings (SSSR count). The Bertz CT molecular complexity index is 1140. The van der Waals surface area contributed by atoms with Crippen LogP contribution in [0.1, 0.15) is 24.4 Å². The zero-order valence-corrected chi connectivity index (χ0v) is 16.1. The molecule has 1 heterocycles. The number of alkyl halides is 3. The van der Waals surface area contributed by atoms with Crippen LogP contribution in [-0.4, -0.2) is 15.6 Å². The molecule has 152 valence electrons. The Kier molecular flexibility index (Phi) is 5.52. The molecule has 0 aliphatic carbocycles. The molecule has 0 bridgehead atoms. The van der Waals surface area contributed by atoms with E-state index >= 15 is 0 Å². The van der Waals surface area contributed by atoms with Crippen molar-refractivity contribution in [2.75, 3.05) is 5.32 Å². The summed E-state index contributed by atoms with van der Waals surface area (Å²) in [6.07, 6.45) is -4.61. The maximum absolute atomic E-state index is 13.1. The molecule has 0 spiro atoms. The molecule has 6 nitrogen and oxygen atoms in total. The Morgan fingerprint density at radius 3 is 2.59 bits per heavy atom. The van der Waals surface area contributed by atoms with Crippen molar-refractivity contribution >= 4 is 34.2 Å². The SMILES string of the molecule is CC(NC(=O)Nc1ccccc1C(F)(F)F)c1nc2cc(Cl)ccc2c(=O)n1C. The third-order valence-electron chi connectivity index (χ3n) is 4.29. The fraction of sp³-hybridized carbons (Fsp3) is 0.211. The van der Waals surface area contributed by atoms with Crippen LogP contribution in [-0.2, 0) is 13.2 Å². The van der Waals surface area contributed by atoms with Crippen LogP contribution in [0.3, 0.4) is 0 Å². The van der Waals surface area contributed by atoms with Crippen molar-refractivity contribution in [3.63, 3.8) is 0 Å². The van der Waals surface area contributed by atoms with Gasteiger partial charge in [-0.3, -0.25) is 9.36 Å². The number of aromatic nitrogens is 2. The molecule has 0 aliphatic heterocycles. The molecule has 2 amide bonds. The van der Waals surface area contributed by atoms with Gasteiger partial charge < -0.3 is 10.6 Å². The fourth-order valence-corrected chi connectivity index (χ4v) is 3.07. The van der Waals surface area contributed by atoms with E-state index in [2.05, 4.69) is 15.6 Å². The topological polar surface area (TPSA) is 76.0 Å². The number of para-hydroxylation sites is 1. The van der Waals surface area contributed by atoms with E-state index in [1.165, 1.54) is 29.8 Å². The van der Waals surface area contributed by atoms with Gasteiger partial charge in [0, 0.05) is 12.1 Å². The first kappa shape index (κ1) is 20.7. The number of anilines is 1. The summed E-state index contributed by atoms with van der Waals surface area (Å²) in [5, 5.41) is 5.44. The molecule has 0 fully saturated rings. The molecule has 3 aromatic rings. The van der Waals surface area contributed by atoms with Crippen molar-refractivity contribution < 1.29 is 18.0 Å². The summed E-state index contributed by atoms with van der Waals surface area (Å²) < 4.78 is 40.5. The van der Waals surface area contributed by atoms with E-state index in [1.807, 2.05) is 0 Å². The number of rotatable bonds is 3. The van der Waals surface area contributed by atoms with E-state index < -0.39 is 23.8 Å². The van der Waals surface area contributed by atoms with Gasteiger partial charge >= 0.3 is 12.2 Å². The minimum atomic E-state index is -4.61. The second kappa shape index (κ2) is 7.75. The van der Waals surface area contributed by atoms with Crippen LogP contribution in [0.5, 0.6) is 0 Å². The van der Waals surface area contributed by atoms with Crippen LogP contribution >= 0.6 is 11.6 Å². The first-order valence-electron chi connectivity index (χ1n) is 8.48. The molecular formula is C19H16ClF3N4O2. The molecule has 29 heavy (non-hydrogen) atoms. The molecule has 1 aromatic heterocycles. The minimum absolute atomic E-state index is 0.226. The van der Waals surface area contributed by atoms with Crippen LogP contribution in [0.15, 0.2) is 47.3 Å². The number of urea groups is 1. The van der Waals surface area contributed by atoms with Gasteiger partial charge in [-0.05, 0) is 37.3 Å². The average molecular weight is 425 g/mol. The molecule has 1 atom stereocenters. The average Bonchev–Trinajstić information content (AvgIpc) is 2.63. The number of hydrogen-bond donors (Lipinski definition) is 2. The van der Waals surface area contributed by atoms with E-state index in [4.69, 9.17) is 11.6 Å². The van der Waals surface area contributed by atoms with E-state index in [9.17, 15) is 22.8 Å². The number of carbonyl (C=O) groups is 1. The largest absolute Gasteiger partial charge is 0.418 e.